The summed E-state index contributed by atoms with van der Waals surface area (Å²) >= 11 is 0. The Morgan fingerprint density at radius 2 is 1.73 bits per heavy atom. The van der Waals surface area contributed by atoms with E-state index < -0.39 is 43.0 Å². The molecule has 1 aliphatic heterocycles. The molecule has 0 aromatic rings. The van der Waals surface area contributed by atoms with Crippen LogP contribution in [-0.4, -0.2) is 58.9 Å². The predicted molar refractivity (Wildman–Crippen MR) is 65.3 cm³/mol. The van der Waals surface area contributed by atoms with Crippen LogP contribution in [0, 0.1) is 0 Å². The van der Waals surface area contributed by atoms with Gasteiger partial charge in [-0.1, -0.05) is 12.8 Å². The fourth-order valence-corrected chi connectivity index (χ4v) is 2.54. The van der Waals surface area contributed by atoms with Crippen molar-refractivity contribution in [2.75, 3.05) is 13.1 Å². The molecule has 1 saturated heterocycles. The van der Waals surface area contributed by atoms with Crippen molar-refractivity contribution in [1.82, 2.24) is 15.1 Å². The van der Waals surface area contributed by atoms with Crippen LogP contribution >= 0.6 is 0 Å². The van der Waals surface area contributed by atoms with Crippen molar-refractivity contribution in [3.8, 4) is 0 Å². The summed E-state index contributed by atoms with van der Waals surface area (Å²) in [5, 5.41) is 1.55. The van der Waals surface area contributed by atoms with E-state index in [-0.39, 0.29) is 6.04 Å². The average Bonchev–Trinajstić information content (AvgIpc) is 3.00. The van der Waals surface area contributed by atoms with Crippen LogP contribution in [-0.2, 0) is 14.4 Å². The fraction of sp³-hybridized carbons (Fsp3) is 0.667. The van der Waals surface area contributed by atoms with Crippen LogP contribution in [0.4, 0.5) is 18.0 Å². The standard InChI is InChI=1S/C12H14F3N3O4/c13-12(14,15)6-16-8(19)5-17-9(20)10(21)18(11(17)22)7-3-1-2-4-7/h7H,1-6H2,(H,16,19). The summed E-state index contributed by atoms with van der Waals surface area (Å²) in [6.07, 6.45) is -1.79. The first-order valence-electron chi connectivity index (χ1n) is 6.73. The number of nitrogens with zero attached hydrogens (tertiary/aromatic N) is 2. The van der Waals surface area contributed by atoms with Gasteiger partial charge in [0.1, 0.15) is 13.1 Å². The van der Waals surface area contributed by atoms with Crippen molar-refractivity contribution < 1.29 is 32.3 Å². The van der Waals surface area contributed by atoms with Gasteiger partial charge in [0.2, 0.25) is 5.91 Å². The van der Waals surface area contributed by atoms with Gasteiger partial charge >= 0.3 is 24.0 Å². The van der Waals surface area contributed by atoms with Crippen molar-refractivity contribution in [2.45, 2.75) is 37.9 Å². The lowest BCUT2D eigenvalue weighted by Gasteiger charge is -2.20. The lowest BCUT2D eigenvalue weighted by molar-refractivity contribution is -0.145. The van der Waals surface area contributed by atoms with E-state index in [2.05, 4.69) is 0 Å². The second kappa shape index (κ2) is 5.93. The first-order valence-corrected chi connectivity index (χ1v) is 6.73. The summed E-state index contributed by atoms with van der Waals surface area (Å²) in [6.45, 7) is -2.47. The molecule has 1 saturated carbocycles. The van der Waals surface area contributed by atoms with Gasteiger partial charge in [-0.05, 0) is 12.8 Å². The fourth-order valence-electron chi connectivity index (χ4n) is 2.54. The van der Waals surface area contributed by atoms with E-state index in [4.69, 9.17) is 0 Å². The highest BCUT2D eigenvalue weighted by Crippen LogP contribution is 2.27. The third kappa shape index (κ3) is 3.37. The summed E-state index contributed by atoms with van der Waals surface area (Å²) < 4.78 is 36.0. The SMILES string of the molecule is O=C(CN1C(=O)C(=O)N(C2CCCC2)C1=O)NCC(F)(F)F. The van der Waals surface area contributed by atoms with Crippen LogP contribution in [0.2, 0.25) is 0 Å². The molecular weight excluding hydrogens is 307 g/mol. The maximum Gasteiger partial charge on any atom is 0.405 e. The first-order chi connectivity index (χ1) is 10.2. The third-order valence-corrected chi connectivity index (χ3v) is 3.56. The number of hydrogen-bond donors (Lipinski definition) is 1. The molecule has 0 bridgehead atoms. The summed E-state index contributed by atoms with van der Waals surface area (Å²) in [6, 6.07) is -1.32. The van der Waals surface area contributed by atoms with Crippen LogP contribution in [0.1, 0.15) is 25.7 Å². The third-order valence-electron chi connectivity index (χ3n) is 3.56. The van der Waals surface area contributed by atoms with Gasteiger partial charge in [-0.3, -0.25) is 19.3 Å². The zero-order valence-electron chi connectivity index (χ0n) is 11.5. The van der Waals surface area contributed by atoms with Gasteiger partial charge in [-0.25, -0.2) is 9.69 Å². The number of imide groups is 2. The van der Waals surface area contributed by atoms with Gasteiger partial charge in [0.25, 0.3) is 0 Å². The number of urea groups is 1. The maximum atomic E-state index is 12.1. The lowest BCUT2D eigenvalue weighted by Crippen LogP contribution is -2.44. The number of carbonyl (C=O) groups is 4. The highest BCUT2D eigenvalue weighted by atomic mass is 19.4. The molecule has 2 rings (SSSR count). The van der Waals surface area contributed by atoms with E-state index in [0.29, 0.717) is 17.7 Å². The average molecular weight is 321 g/mol. The molecule has 0 atom stereocenters. The second-order valence-electron chi connectivity index (χ2n) is 5.18. The molecular formula is C12H14F3N3O4. The van der Waals surface area contributed by atoms with Gasteiger partial charge in [0.05, 0.1) is 0 Å². The molecule has 0 aromatic carbocycles. The van der Waals surface area contributed by atoms with Crippen LogP contribution in [0.3, 0.4) is 0 Å². The minimum absolute atomic E-state index is 0.381. The number of hydrogen-bond acceptors (Lipinski definition) is 4. The molecule has 7 nitrogen and oxygen atoms in total. The monoisotopic (exact) mass is 321 g/mol. The number of halogens is 3. The van der Waals surface area contributed by atoms with Gasteiger partial charge in [-0.2, -0.15) is 13.2 Å². The highest BCUT2D eigenvalue weighted by Gasteiger charge is 2.48. The van der Waals surface area contributed by atoms with E-state index in [1.54, 1.807) is 5.32 Å². The number of alkyl halides is 3. The molecule has 2 fully saturated rings. The summed E-state index contributed by atoms with van der Waals surface area (Å²) in [7, 11) is 0. The molecule has 22 heavy (non-hydrogen) atoms. The summed E-state index contributed by atoms with van der Waals surface area (Å²) in [5.74, 6) is -3.36. The van der Waals surface area contributed by atoms with Gasteiger partial charge in [0.15, 0.2) is 0 Å². The smallest absolute Gasteiger partial charge is 0.345 e. The van der Waals surface area contributed by atoms with Gasteiger partial charge in [0, 0.05) is 6.04 Å². The topological polar surface area (TPSA) is 86.8 Å². The quantitative estimate of drug-likeness (QED) is 0.600. The van der Waals surface area contributed by atoms with Crippen molar-refractivity contribution in [1.29, 1.82) is 0 Å². The molecule has 0 spiro atoms. The largest absolute Gasteiger partial charge is 0.405 e. The second-order valence-corrected chi connectivity index (χ2v) is 5.18. The van der Waals surface area contributed by atoms with Crippen LogP contribution in [0.25, 0.3) is 0 Å². The van der Waals surface area contributed by atoms with Crippen molar-refractivity contribution in [2.24, 2.45) is 0 Å². The maximum absolute atomic E-state index is 12.1. The van der Waals surface area contributed by atoms with E-state index in [0.717, 1.165) is 17.7 Å². The normalized spacial score (nSPS) is 20.2. The molecule has 1 aliphatic carbocycles. The number of nitrogens with one attached hydrogen (secondary N) is 1. The first kappa shape index (κ1) is 16.2. The molecule has 0 unspecified atom stereocenters. The molecule has 1 N–H and O–H groups in total. The minimum Gasteiger partial charge on any atom is -0.345 e. The van der Waals surface area contributed by atoms with Gasteiger partial charge in [-0.15, -0.1) is 0 Å². The van der Waals surface area contributed by atoms with Crippen molar-refractivity contribution >= 4 is 23.8 Å². The Bertz CT molecular complexity index is 514. The molecule has 1 heterocycles. The Kier molecular flexibility index (Phi) is 4.38. The highest BCUT2D eigenvalue weighted by molar-refractivity contribution is 6.45. The van der Waals surface area contributed by atoms with Gasteiger partial charge < -0.3 is 5.32 Å². The predicted octanol–water partition coefficient (Wildman–Crippen LogP) is 0.398. The Morgan fingerprint density at radius 1 is 1.14 bits per heavy atom. The molecule has 0 aromatic heterocycles. The van der Waals surface area contributed by atoms with Crippen LogP contribution in [0.15, 0.2) is 0 Å². The molecule has 5 amide bonds. The zero-order valence-corrected chi connectivity index (χ0v) is 11.5. The van der Waals surface area contributed by atoms with E-state index in [9.17, 15) is 32.3 Å². The van der Waals surface area contributed by atoms with Crippen LogP contribution in [0.5, 0.6) is 0 Å². The molecule has 122 valence electrons. The molecule has 10 heteroatoms. The van der Waals surface area contributed by atoms with E-state index in [1.807, 2.05) is 0 Å². The Morgan fingerprint density at radius 3 is 2.27 bits per heavy atom. The van der Waals surface area contributed by atoms with E-state index >= 15 is 0 Å². The summed E-state index contributed by atoms with van der Waals surface area (Å²) in [5.41, 5.74) is 0. The van der Waals surface area contributed by atoms with Crippen molar-refractivity contribution in [3.63, 3.8) is 0 Å². The lowest BCUT2D eigenvalue weighted by atomic mass is 10.2. The Hall–Kier alpha value is -2.13. The number of rotatable bonds is 4. The number of amides is 5. The molecule has 2 aliphatic rings. The Balaban J connectivity index is 1.99. The zero-order chi connectivity index (χ0) is 16.5. The van der Waals surface area contributed by atoms with Crippen molar-refractivity contribution in [3.05, 3.63) is 0 Å². The summed E-state index contributed by atoms with van der Waals surface area (Å²) in [4.78, 5) is 48.2. The van der Waals surface area contributed by atoms with Crippen LogP contribution < -0.4 is 5.32 Å². The Labute approximate surface area is 123 Å². The van der Waals surface area contributed by atoms with E-state index in [1.165, 1.54) is 0 Å². The number of carbonyl (C=O) groups excluding carboxylic acids is 4. The minimum atomic E-state index is -4.60. The molecule has 0 radical (unpaired) electrons.